The zero-order valence-corrected chi connectivity index (χ0v) is 16.1. The van der Waals surface area contributed by atoms with Crippen LogP contribution >= 0.6 is 11.6 Å². The zero-order chi connectivity index (χ0) is 18.7. The highest BCUT2D eigenvalue weighted by Crippen LogP contribution is 2.29. The summed E-state index contributed by atoms with van der Waals surface area (Å²) in [7, 11) is 4.07. The number of rotatable bonds is 5. The van der Waals surface area contributed by atoms with E-state index in [4.69, 9.17) is 11.6 Å². The van der Waals surface area contributed by atoms with Gasteiger partial charge in [-0.15, -0.1) is 0 Å². The Hall–Kier alpha value is -2.79. The number of hydrogen-bond acceptors (Lipinski definition) is 5. The van der Waals surface area contributed by atoms with E-state index in [0.717, 1.165) is 17.1 Å². The first kappa shape index (κ1) is 18.0. The van der Waals surface area contributed by atoms with Crippen molar-refractivity contribution >= 4 is 40.4 Å². The molecule has 0 aliphatic carbocycles. The van der Waals surface area contributed by atoms with Crippen LogP contribution in [0.5, 0.6) is 0 Å². The van der Waals surface area contributed by atoms with Gasteiger partial charge >= 0.3 is 0 Å². The van der Waals surface area contributed by atoms with Gasteiger partial charge in [-0.1, -0.05) is 29.8 Å². The maximum atomic E-state index is 6.24. The number of anilines is 5. The van der Waals surface area contributed by atoms with Gasteiger partial charge in [0.1, 0.15) is 5.02 Å². The highest BCUT2D eigenvalue weighted by Gasteiger charge is 2.10. The van der Waals surface area contributed by atoms with E-state index >= 15 is 0 Å². The third-order valence-corrected chi connectivity index (χ3v) is 4.44. The maximum absolute atomic E-state index is 6.24. The average Bonchev–Trinajstić information content (AvgIpc) is 2.61. The number of nitrogens with zero attached hydrogens (tertiary/aromatic N) is 3. The van der Waals surface area contributed by atoms with Crippen molar-refractivity contribution in [2.75, 3.05) is 29.6 Å². The normalized spacial score (nSPS) is 10.5. The van der Waals surface area contributed by atoms with Crippen LogP contribution in [-0.2, 0) is 0 Å². The van der Waals surface area contributed by atoms with Gasteiger partial charge in [0, 0.05) is 31.2 Å². The highest BCUT2D eigenvalue weighted by atomic mass is 35.5. The van der Waals surface area contributed by atoms with Crippen LogP contribution in [-0.4, -0.2) is 24.1 Å². The van der Waals surface area contributed by atoms with Crippen molar-refractivity contribution in [3.63, 3.8) is 0 Å². The fourth-order valence-corrected chi connectivity index (χ4v) is 2.82. The van der Waals surface area contributed by atoms with Crippen LogP contribution in [0.2, 0.25) is 5.02 Å². The van der Waals surface area contributed by atoms with Crippen molar-refractivity contribution in [2.45, 2.75) is 13.8 Å². The summed E-state index contributed by atoms with van der Waals surface area (Å²) in [6.07, 6.45) is 1.59. The molecule has 0 radical (unpaired) electrons. The monoisotopic (exact) mass is 367 g/mol. The van der Waals surface area contributed by atoms with E-state index in [2.05, 4.69) is 51.5 Å². The second-order valence-corrected chi connectivity index (χ2v) is 6.75. The van der Waals surface area contributed by atoms with Crippen molar-refractivity contribution in [1.82, 2.24) is 9.97 Å². The Bertz CT molecular complexity index is 910. The second kappa shape index (κ2) is 7.62. The smallest absolute Gasteiger partial charge is 0.229 e. The molecule has 0 spiro atoms. The summed E-state index contributed by atoms with van der Waals surface area (Å²) in [4.78, 5) is 10.9. The molecule has 26 heavy (non-hydrogen) atoms. The molecule has 3 rings (SSSR count). The summed E-state index contributed by atoms with van der Waals surface area (Å²) in [6, 6.07) is 14.0. The maximum Gasteiger partial charge on any atom is 0.229 e. The molecule has 5 nitrogen and oxygen atoms in total. The third-order valence-electron chi connectivity index (χ3n) is 4.16. The molecule has 0 saturated heterocycles. The van der Waals surface area contributed by atoms with E-state index in [1.54, 1.807) is 6.20 Å². The molecule has 0 amide bonds. The molecule has 0 unspecified atom stereocenters. The second-order valence-electron chi connectivity index (χ2n) is 6.34. The number of para-hydroxylation sites is 1. The molecule has 6 heteroatoms. The predicted octanol–water partition coefficient (Wildman–Crippen LogP) is 5.30. The third kappa shape index (κ3) is 4.06. The number of aromatic nitrogens is 2. The van der Waals surface area contributed by atoms with Crippen molar-refractivity contribution < 1.29 is 0 Å². The van der Waals surface area contributed by atoms with Gasteiger partial charge in [-0.05, 0) is 49.2 Å². The summed E-state index contributed by atoms with van der Waals surface area (Å²) in [5.41, 5.74) is 5.47. The van der Waals surface area contributed by atoms with Gasteiger partial charge in [-0.2, -0.15) is 4.98 Å². The van der Waals surface area contributed by atoms with Crippen LogP contribution in [0.4, 0.5) is 28.8 Å². The van der Waals surface area contributed by atoms with Crippen molar-refractivity contribution in [3.05, 3.63) is 64.8 Å². The highest BCUT2D eigenvalue weighted by molar-refractivity contribution is 6.32. The van der Waals surface area contributed by atoms with Crippen molar-refractivity contribution in [2.24, 2.45) is 0 Å². The molecule has 0 bridgehead atoms. The van der Waals surface area contributed by atoms with Crippen LogP contribution < -0.4 is 15.5 Å². The molecule has 0 fully saturated rings. The number of benzene rings is 2. The van der Waals surface area contributed by atoms with Crippen LogP contribution in [0.15, 0.2) is 48.7 Å². The van der Waals surface area contributed by atoms with Gasteiger partial charge in [-0.3, -0.25) is 0 Å². The Morgan fingerprint density at radius 3 is 2.38 bits per heavy atom. The molecule has 1 heterocycles. The molecule has 2 aromatic carbocycles. The minimum atomic E-state index is 0.466. The topological polar surface area (TPSA) is 53.1 Å². The van der Waals surface area contributed by atoms with Crippen LogP contribution in [0.1, 0.15) is 11.1 Å². The molecule has 2 N–H and O–H groups in total. The standard InChI is InChI=1S/C20H22ClN5/c1-13-10-16(11-18(14(13)2)26(3)4)24-20-22-12-17(21)19(25-20)23-15-8-6-5-7-9-15/h5-12H,1-4H3,(H2,22,23,24,25). The lowest BCUT2D eigenvalue weighted by Crippen LogP contribution is -2.11. The van der Waals surface area contributed by atoms with Crippen LogP contribution in [0.25, 0.3) is 0 Å². The molecular weight excluding hydrogens is 346 g/mol. The zero-order valence-electron chi connectivity index (χ0n) is 15.3. The molecule has 1 aromatic heterocycles. The molecule has 134 valence electrons. The average molecular weight is 368 g/mol. The Kier molecular flexibility index (Phi) is 5.28. The van der Waals surface area contributed by atoms with E-state index in [9.17, 15) is 0 Å². The fourth-order valence-electron chi connectivity index (χ4n) is 2.68. The number of hydrogen-bond donors (Lipinski definition) is 2. The van der Waals surface area contributed by atoms with E-state index in [1.165, 1.54) is 11.1 Å². The molecule has 0 aliphatic rings. The largest absolute Gasteiger partial charge is 0.377 e. The first-order chi connectivity index (χ1) is 12.4. The van der Waals surface area contributed by atoms with Gasteiger partial charge in [0.15, 0.2) is 5.82 Å². The number of nitrogens with one attached hydrogen (secondary N) is 2. The Morgan fingerprint density at radius 1 is 0.962 bits per heavy atom. The molecule has 0 saturated carbocycles. The molecule has 0 aliphatic heterocycles. The Morgan fingerprint density at radius 2 is 1.69 bits per heavy atom. The minimum Gasteiger partial charge on any atom is -0.377 e. The molecular formula is C20H22ClN5. The Labute approximate surface area is 159 Å². The molecule has 0 atom stereocenters. The van der Waals surface area contributed by atoms with Crippen molar-refractivity contribution in [1.29, 1.82) is 0 Å². The van der Waals surface area contributed by atoms with Gasteiger partial charge in [-0.25, -0.2) is 4.98 Å². The SMILES string of the molecule is Cc1cc(Nc2ncc(Cl)c(Nc3ccccc3)n2)cc(N(C)C)c1C. The lowest BCUT2D eigenvalue weighted by molar-refractivity contribution is 1.10. The lowest BCUT2D eigenvalue weighted by Gasteiger charge is -2.19. The lowest BCUT2D eigenvalue weighted by atomic mass is 10.1. The van der Waals surface area contributed by atoms with E-state index in [1.807, 2.05) is 44.4 Å². The van der Waals surface area contributed by atoms with Crippen LogP contribution in [0.3, 0.4) is 0 Å². The van der Waals surface area contributed by atoms with E-state index < -0.39 is 0 Å². The summed E-state index contributed by atoms with van der Waals surface area (Å²) in [5.74, 6) is 1.05. The van der Waals surface area contributed by atoms with Gasteiger partial charge in [0.05, 0.1) is 6.20 Å². The van der Waals surface area contributed by atoms with Crippen molar-refractivity contribution in [3.8, 4) is 0 Å². The summed E-state index contributed by atoms with van der Waals surface area (Å²) < 4.78 is 0. The number of aryl methyl sites for hydroxylation is 1. The summed E-state index contributed by atoms with van der Waals surface area (Å²) >= 11 is 6.24. The first-order valence-electron chi connectivity index (χ1n) is 8.34. The quantitative estimate of drug-likeness (QED) is 0.640. The van der Waals surface area contributed by atoms with Gasteiger partial charge < -0.3 is 15.5 Å². The van der Waals surface area contributed by atoms with Gasteiger partial charge in [0.25, 0.3) is 0 Å². The number of halogens is 1. The van der Waals surface area contributed by atoms with E-state index in [0.29, 0.717) is 16.8 Å². The predicted molar refractivity (Wildman–Crippen MR) is 110 cm³/mol. The van der Waals surface area contributed by atoms with Gasteiger partial charge in [0.2, 0.25) is 5.95 Å². The van der Waals surface area contributed by atoms with Crippen LogP contribution in [0, 0.1) is 13.8 Å². The fraction of sp³-hybridized carbons (Fsp3) is 0.200. The van der Waals surface area contributed by atoms with E-state index in [-0.39, 0.29) is 0 Å². The minimum absolute atomic E-state index is 0.466. The Balaban J connectivity index is 1.88. The molecule has 3 aromatic rings. The summed E-state index contributed by atoms with van der Waals surface area (Å²) in [6.45, 7) is 4.22. The summed E-state index contributed by atoms with van der Waals surface area (Å²) in [5, 5.41) is 6.96. The first-order valence-corrected chi connectivity index (χ1v) is 8.72.